The number of aliphatic hydroxyl groups excluding tert-OH is 1. The zero-order valence-corrected chi connectivity index (χ0v) is 15.5. The lowest BCUT2D eigenvalue weighted by molar-refractivity contribution is 0.0215. The molecule has 1 aliphatic heterocycles. The predicted molar refractivity (Wildman–Crippen MR) is 105 cm³/mol. The Hall–Kier alpha value is -2.24. The van der Waals surface area contributed by atoms with Gasteiger partial charge in [0, 0.05) is 18.6 Å². The lowest BCUT2D eigenvalue weighted by Gasteiger charge is -2.41. The molecule has 1 unspecified atom stereocenters. The molecule has 1 aromatic heterocycles. The van der Waals surface area contributed by atoms with Gasteiger partial charge in [0.25, 0.3) is 0 Å². The molecule has 1 aliphatic rings. The molecule has 2 aromatic carbocycles. The van der Waals surface area contributed by atoms with Crippen LogP contribution in [0.4, 0.5) is 4.39 Å². The van der Waals surface area contributed by atoms with Crippen LogP contribution >= 0.6 is 0 Å². The molecular formula is C22H26FN3O. The van der Waals surface area contributed by atoms with Crippen molar-refractivity contribution < 1.29 is 9.50 Å². The van der Waals surface area contributed by atoms with E-state index >= 15 is 0 Å². The minimum atomic E-state index is -0.254. The molecule has 0 aliphatic carbocycles. The number of aryl methyl sites for hydroxylation is 1. The Morgan fingerprint density at radius 1 is 1.19 bits per heavy atom. The maximum Gasteiger partial charge on any atom is 0.125 e. The predicted octanol–water partition coefficient (Wildman–Crippen LogP) is 3.91. The fourth-order valence-corrected chi connectivity index (χ4v) is 4.23. The van der Waals surface area contributed by atoms with E-state index in [9.17, 15) is 9.50 Å². The van der Waals surface area contributed by atoms with Crippen molar-refractivity contribution in [3.63, 3.8) is 0 Å². The summed E-state index contributed by atoms with van der Waals surface area (Å²) in [6.07, 6.45) is 4.09. The first-order valence-electron chi connectivity index (χ1n) is 9.67. The number of halogens is 1. The summed E-state index contributed by atoms with van der Waals surface area (Å²) in [4.78, 5) is 10.2. The van der Waals surface area contributed by atoms with Crippen LogP contribution in [0.3, 0.4) is 0 Å². The third-order valence-corrected chi connectivity index (χ3v) is 5.73. The van der Waals surface area contributed by atoms with Crippen molar-refractivity contribution in [1.29, 1.82) is 0 Å². The summed E-state index contributed by atoms with van der Waals surface area (Å²) < 4.78 is 13.4. The van der Waals surface area contributed by atoms with Gasteiger partial charge in [0.15, 0.2) is 0 Å². The van der Waals surface area contributed by atoms with E-state index in [0.717, 1.165) is 55.6 Å². The van der Waals surface area contributed by atoms with Crippen LogP contribution in [0.5, 0.6) is 0 Å². The zero-order valence-electron chi connectivity index (χ0n) is 15.5. The number of likely N-dealkylation sites (tertiary alicyclic amines) is 1. The second-order valence-corrected chi connectivity index (χ2v) is 7.80. The Kier molecular flexibility index (Phi) is 5.23. The summed E-state index contributed by atoms with van der Waals surface area (Å²) in [6.45, 7) is 2.77. The van der Waals surface area contributed by atoms with Gasteiger partial charge in [-0.2, -0.15) is 0 Å². The number of rotatable bonds is 6. The number of aromatic amines is 1. The SMILES string of the molecule is OCC1(CCc2ccccc2)CCCN(Cc2nc3ccc(F)cc3[nH]2)C1. The number of hydrogen-bond acceptors (Lipinski definition) is 3. The fraction of sp³-hybridized carbons (Fsp3) is 0.409. The smallest absolute Gasteiger partial charge is 0.125 e. The number of aromatic nitrogens is 2. The first kappa shape index (κ1) is 18.1. The van der Waals surface area contributed by atoms with Crippen LogP contribution in [0.1, 0.15) is 30.7 Å². The number of imidazole rings is 1. The molecule has 3 aromatic rings. The molecule has 1 saturated heterocycles. The highest BCUT2D eigenvalue weighted by Crippen LogP contribution is 2.35. The van der Waals surface area contributed by atoms with Gasteiger partial charge in [-0.3, -0.25) is 4.90 Å². The van der Waals surface area contributed by atoms with Gasteiger partial charge >= 0.3 is 0 Å². The zero-order chi connectivity index (χ0) is 18.7. The van der Waals surface area contributed by atoms with Crippen molar-refractivity contribution >= 4 is 11.0 Å². The van der Waals surface area contributed by atoms with Gasteiger partial charge in [-0.05, 0) is 56.0 Å². The number of hydrogen-bond donors (Lipinski definition) is 2. The van der Waals surface area contributed by atoms with Gasteiger partial charge in [-0.15, -0.1) is 0 Å². The number of benzene rings is 2. The van der Waals surface area contributed by atoms with E-state index in [0.29, 0.717) is 6.54 Å². The Labute approximate surface area is 159 Å². The molecule has 27 heavy (non-hydrogen) atoms. The number of fused-ring (bicyclic) bond motifs is 1. The number of H-pyrrole nitrogens is 1. The minimum absolute atomic E-state index is 0.0633. The van der Waals surface area contributed by atoms with E-state index in [-0.39, 0.29) is 17.8 Å². The number of nitrogens with zero attached hydrogens (tertiary/aromatic N) is 2. The van der Waals surface area contributed by atoms with Gasteiger partial charge in [0.05, 0.1) is 17.6 Å². The summed E-state index contributed by atoms with van der Waals surface area (Å²) in [5.74, 6) is 0.600. The summed E-state index contributed by atoms with van der Waals surface area (Å²) in [5, 5.41) is 10.2. The van der Waals surface area contributed by atoms with E-state index < -0.39 is 0 Å². The largest absolute Gasteiger partial charge is 0.396 e. The van der Waals surface area contributed by atoms with Crippen molar-refractivity contribution in [3.8, 4) is 0 Å². The van der Waals surface area contributed by atoms with Gasteiger partial charge in [-0.25, -0.2) is 9.37 Å². The highest BCUT2D eigenvalue weighted by molar-refractivity contribution is 5.74. The average Bonchev–Trinajstić information content (AvgIpc) is 3.09. The van der Waals surface area contributed by atoms with Crippen LogP contribution < -0.4 is 0 Å². The van der Waals surface area contributed by atoms with Crippen molar-refractivity contribution in [3.05, 3.63) is 65.7 Å². The standard InChI is InChI=1S/C22H26FN3O/c23-18-7-8-19-20(13-18)25-21(24-19)14-26-12-4-10-22(15-26,16-27)11-9-17-5-2-1-3-6-17/h1-3,5-8,13,27H,4,9-12,14-16H2,(H,24,25). The first-order chi connectivity index (χ1) is 13.2. The fourth-order valence-electron chi connectivity index (χ4n) is 4.23. The van der Waals surface area contributed by atoms with E-state index in [1.165, 1.54) is 17.7 Å². The van der Waals surface area contributed by atoms with Gasteiger partial charge in [0.1, 0.15) is 11.6 Å². The van der Waals surface area contributed by atoms with E-state index in [1.807, 2.05) is 6.07 Å². The molecule has 5 heteroatoms. The quantitative estimate of drug-likeness (QED) is 0.695. The molecule has 0 radical (unpaired) electrons. The highest BCUT2D eigenvalue weighted by atomic mass is 19.1. The van der Waals surface area contributed by atoms with Crippen LogP contribution in [-0.4, -0.2) is 39.7 Å². The van der Waals surface area contributed by atoms with Crippen LogP contribution in [-0.2, 0) is 13.0 Å². The monoisotopic (exact) mass is 367 g/mol. The third-order valence-electron chi connectivity index (χ3n) is 5.73. The normalized spacial score (nSPS) is 21.0. The average molecular weight is 367 g/mol. The van der Waals surface area contributed by atoms with Crippen molar-refractivity contribution in [1.82, 2.24) is 14.9 Å². The summed E-state index contributed by atoms with van der Waals surface area (Å²) in [6, 6.07) is 15.1. The molecule has 0 saturated carbocycles. The van der Waals surface area contributed by atoms with Crippen molar-refractivity contribution in [2.45, 2.75) is 32.2 Å². The molecule has 0 spiro atoms. The Morgan fingerprint density at radius 2 is 2.04 bits per heavy atom. The maximum absolute atomic E-state index is 13.4. The summed E-state index contributed by atoms with van der Waals surface area (Å²) in [7, 11) is 0. The molecular weight excluding hydrogens is 341 g/mol. The molecule has 4 nitrogen and oxygen atoms in total. The Bertz CT molecular complexity index is 895. The van der Waals surface area contributed by atoms with Gasteiger partial charge in [0.2, 0.25) is 0 Å². The molecule has 1 atom stereocenters. The Balaban J connectivity index is 1.43. The van der Waals surface area contributed by atoms with E-state index in [1.54, 1.807) is 6.07 Å². The second kappa shape index (κ2) is 7.79. The van der Waals surface area contributed by atoms with Crippen LogP contribution in [0.15, 0.2) is 48.5 Å². The molecule has 4 rings (SSSR count). The molecule has 142 valence electrons. The summed E-state index contributed by atoms with van der Waals surface area (Å²) >= 11 is 0. The number of aliphatic hydroxyl groups is 1. The maximum atomic E-state index is 13.4. The lowest BCUT2D eigenvalue weighted by Crippen LogP contribution is -2.45. The van der Waals surface area contributed by atoms with Gasteiger partial charge < -0.3 is 10.1 Å². The summed E-state index contributed by atoms with van der Waals surface area (Å²) in [5.41, 5.74) is 2.79. The van der Waals surface area contributed by atoms with Crippen molar-refractivity contribution in [2.24, 2.45) is 5.41 Å². The van der Waals surface area contributed by atoms with Gasteiger partial charge in [-0.1, -0.05) is 30.3 Å². The van der Waals surface area contributed by atoms with Crippen LogP contribution in [0.25, 0.3) is 11.0 Å². The number of nitrogens with one attached hydrogen (secondary N) is 1. The highest BCUT2D eigenvalue weighted by Gasteiger charge is 2.34. The second-order valence-electron chi connectivity index (χ2n) is 7.80. The van der Waals surface area contributed by atoms with E-state index in [4.69, 9.17) is 0 Å². The molecule has 0 amide bonds. The van der Waals surface area contributed by atoms with Crippen LogP contribution in [0, 0.1) is 11.2 Å². The number of piperidine rings is 1. The lowest BCUT2D eigenvalue weighted by atomic mass is 9.76. The topological polar surface area (TPSA) is 52.1 Å². The third kappa shape index (κ3) is 4.20. The molecule has 2 N–H and O–H groups in total. The van der Waals surface area contributed by atoms with Crippen LogP contribution in [0.2, 0.25) is 0 Å². The molecule has 0 bridgehead atoms. The van der Waals surface area contributed by atoms with E-state index in [2.05, 4.69) is 39.1 Å². The molecule has 1 fully saturated rings. The first-order valence-corrected chi connectivity index (χ1v) is 9.67. The molecule has 2 heterocycles. The minimum Gasteiger partial charge on any atom is -0.396 e. The van der Waals surface area contributed by atoms with Crippen molar-refractivity contribution in [2.75, 3.05) is 19.7 Å². The Morgan fingerprint density at radius 3 is 2.85 bits per heavy atom.